The Morgan fingerprint density at radius 2 is 2.25 bits per heavy atom. The standard InChI is InChI=1S/C17H19BrN2O3S/c1-19(10-14-4-5-15(18)24-14)16(21)12-3-2-7-20(9-12)17(22)13-6-8-23-11-13/h4-6,8,11-12H,2-3,7,9-10H2,1H3/t12-/m0/s1. The molecule has 0 radical (unpaired) electrons. The van der Waals surface area contributed by atoms with Gasteiger partial charge in [-0.3, -0.25) is 9.59 Å². The fourth-order valence-electron chi connectivity index (χ4n) is 2.99. The number of amides is 2. The van der Waals surface area contributed by atoms with Gasteiger partial charge in [0, 0.05) is 25.0 Å². The Balaban J connectivity index is 1.61. The highest BCUT2D eigenvalue weighted by Crippen LogP contribution is 2.25. The first-order valence-electron chi connectivity index (χ1n) is 7.85. The zero-order valence-corrected chi connectivity index (χ0v) is 15.8. The molecule has 2 aromatic heterocycles. The van der Waals surface area contributed by atoms with Crippen molar-refractivity contribution in [3.05, 3.63) is 45.0 Å². The first-order chi connectivity index (χ1) is 11.5. The third-order valence-corrected chi connectivity index (χ3v) is 5.83. The second kappa shape index (κ2) is 7.53. The van der Waals surface area contributed by atoms with Crippen LogP contribution in [0.3, 0.4) is 0 Å². The Kier molecular flexibility index (Phi) is 5.40. The van der Waals surface area contributed by atoms with Gasteiger partial charge in [0.1, 0.15) is 6.26 Å². The molecule has 1 aliphatic heterocycles. The molecule has 0 saturated carbocycles. The van der Waals surface area contributed by atoms with Gasteiger partial charge in [-0.1, -0.05) is 0 Å². The summed E-state index contributed by atoms with van der Waals surface area (Å²) >= 11 is 5.07. The van der Waals surface area contributed by atoms with Crippen molar-refractivity contribution in [3.63, 3.8) is 0 Å². The van der Waals surface area contributed by atoms with Gasteiger partial charge < -0.3 is 14.2 Å². The molecule has 0 unspecified atom stereocenters. The minimum atomic E-state index is -0.136. The molecule has 3 heterocycles. The second-order valence-electron chi connectivity index (χ2n) is 6.00. The number of nitrogens with zero attached hydrogens (tertiary/aromatic N) is 2. The molecule has 0 aromatic carbocycles. The topological polar surface area (TPSA) is 53.8 Å². The molecule has 24 heavy (non-hydrogen) atoms. The number of thiophene rings is 1. The van der Waals surface area contributed by atoms with E-state index >= 15 is 0 Å². The van der Waals surface area contributed by atoms with Crippen LogP contribution >= 0.6 is 27.3 Å². The van der Waals surface area contributed by atoms with Crippen LogP contribution in [0, 0.1) is 5.92 Å². The quantitative estimate of drug-likeness (QED) is 0.773. The van der Waals surface area contributed by atoms with Gasteiger partial charge in [0.2, 0.25) is 5.91 Å². The number of piperidine rings is 1. The minimum absolute atomic E-state index is 0.0638. The monoisotopic (exact) mass is 410 g/mol. The van der Waals surface area contributed by atoms with Crippen molar-refractivity contribution >= 4 is 39.1 Å². The van der Waals surface area contributed by atoms with E-state index in [2.05, 4.69) is 15.9 Å². The van der Waals surface area contributed by atoms with Crippen LogP contribution in [-0.4, -0.2) is 41.8 Å². The van der Waals surface area contributed by atoms with E-state index in [9.17, 15) is 9.59 Å². The number of furan rings is 1. The molecule has 0 bridgehead atoms. The third-order valence-electron chi connectivity index (χ3n) is 4.22. The predicted octanol–water partition coefficient (Wildman–Crippen LogP) is 3.61. The Morgan fingerprint density at radius 1 is 1.42 bits per heavy atom. The summed E-state index contributed by atoms with van der Waals surface area (Å²) in [6, 6.07) is 5.67. The molecule has 0 N–H and O–H groups in total. The first-order valence-corrected chi connectivity index (χ1v) is 9.46. The number of hydrogen-bond donors (Lipinski definition) is 0. The molecule has 1 saturated heterocycles. The fraction of sp³-hybridized carbons (Fsp3) is 0.412. The summed E-state index contributed by atoms with van der Waals surface area (Å²) in [5, 5.41) is 0. The van der Waals surface area contributed by atoms with Crippen molar-refractivity contribution in [1.82, 2.24) is 9.80 Å². The highest BCUT2D eigenvalue weighted by molar-refractivity contribution is 9.11. The molecule has 5 nitrogen and oxygen atoms in total. The van der Waals surface area contributed by atoms with Gasteiger partial charge in [0.25, 0.3) is 5.91 Å². The zero-order valence-electron chi connectivity index (χ0n) is 13.4. The molecule has 2 aromatic rings. The van der Waals surface area contributed by atoms with E-state index in [1.54, 1.807) is 27.2 Å². The second-order valence-corrected chi connectivity index (χ2v) is 8.55. The largest absolute Gasteiger partial charge is 0.472 e. The number of carbonyl (C=O) groups is 2. The Bertz CT molecular complexity index is 713. The van der Waals surface area contributed by atoms with Crippen LogP contribution < -0.4 is 0 Å². The molecule has 1 aliphatic rings. The summed E-state index contributed by atoms with van der Waals surface area (Å²) in [5.74, 6) is -0.0988. The average molecular weight is 411 g/mol. The van der Waals surface area contributed by atoms with E-state index in [1.807, 2.05) is 19.2 Å². The van der Waals surface area contributed by atoms with Gasteiger partial charge in [0.15, 0.2) is 0 Å². The van der Waals surface area contributed by atoms with E-state index in [4.69, 9.17) is 4.42 Å². The number of rotatable bonds is 4. The van der Waals surface area contributed by atoms with Crippen molar-refractivity contribution in [3.8, 4) is 0 Å². The van der Waals surface area contributed by atoms with Gasteiger partial charge in [-0.15, -0.1) is 11.3 Å². The summed E-state index contributed by atoms with van der Waals surface area (Å²) in [6.45, 7) is 1.76. The third kappa shape index (κ3) is 3.89. The summed E-state index contributed by atoms with van der Waals surface area (Å²) in [5.41, 5.74) is 0.542. The molecule has 1 fully saturated rings. The van der Waals surface area contributed by atoms with Crippen molar-refractivity contribution in [1.29, 1.82) is 0 Å². The molecular weight excluding hydrogens is 392 g/mol. The molecule has 3 rings (SSSR count). The maximum Gasteiger partial charge on any atom is 0.257 e. The predicted molar refractivity (Wildman–Crippen MR) is 95.8 cm³/mol. The van der Waals surface area contributed by atoms with Crippen molar-refractivity contribution in [2.45, 2.75) is 19.4 Å². The van der Waals surface area contributed by atoms with Crippen molar-refractivity contribution in [2.24, 2.45) is 5.92 Å². The van der Waals surface area contributed by atoms with Crippen LogP contribution in [0.15, 0.2) is 38.9 Å². The summed E-state index contributed by atoms with van der Waals surface area (Å²) in [7, 11) is 1.83. The van der Waals surface area contributed by atoms with E-state index in [0.29, 0.717) is 25.2 Å². The van der Waals surface area contributed by atoms with E-state index in [-0.39, 0.29) is 17.7 Å². The molecule has 7 heteroatoms. The molecule has 1 atom stereocenters. The maximum atomic E-state index is 12.7. The van der Waals surface area contributed by atoms with Gasteiger partial charge >= 0.3 is 0 Å². The van der Waals surface area contributed by atoms with Crippen LogP contribution in [0.1, 0.15) is 28.1 Å². The summed E-state index contributed by atoms with van der Waals surface area (Å²) in [4.78, 5) is 29.8. The Morgan fingerprint density at radius 3 is 2.92 bits per heavy atom. The molecule has 0 aliphatic carbocycles. The van der Waals surface area contributed by atoms with E-state index in [0.717, 1.165) is 21.5 Å². The number of hydrogen-bond acceptors (Lipinski definition) is 4. The van der Waals surface area contributed by atoms with Crippen LogP contribution in [0.4, 0.5) is 0 Å². The highest BCUT2D eigenvalue weighted by Gasteiger charge is 2.31. The normalized spacial score (nSPS) is 17.8. The van der Waals surface area contributed by atoms with E-state index < -0.39 is 0 Å². The van der Waals surface area contributed by atoms with Gasteiger partial charge in [-0.2, -0.15) is 0 Å². The van der Waals surface area contributed by atoms with Crippen LogP contribution in [0.5, 0.6) is 0 Å². The Labute approximate surface area is 153 Å². The number of carbonyl (C=O) groups excluding carboxylic acids is 2. The minimum Gasteiger partial charge on any atom is -0.472 e. The lowest BCUT2D eigenvalue weighted by Gasteiger charge is -2.33. The lowest BCUT2D eigenvalue weighted by atomic mass is 9.96. The highest BCUT2D eigenvalue weighted by atomic mass is 79.9. The number of likely N-dealkylation sites (tertiary alicyclic amines) is 1. The van der Waals surface area contributed by atoms with Crippen LogP contribution in [-0.2, 0) is 11.3 Å². The molecule has 128 valence electrons. The van der Waals surface area contributed by atoms with Crippen LogP contribution in [0.25, 0.3) is 0 Å². The van der Waals surface area contributed by atoms with Gasteiger partial charge in [0.05, 0.1) is 28.1 Å². The van der Waals surface area contributed by atoms with Crippen molar-refractivity contribution < 1.29 is 14.0 Å². The SMILES string of the molecule is CN(Cc1ccc(Br)s1)C(=O)[C@H]1CCCN(C(=O)c2ccoc2)C1. The zero-order chi connectivity index (χ0) is 17.1. The fourth-order valence-corrected chi connectivity index (χ4v) is 4.53. The lowest BCUT2D eigenvalue weighted by Crippen LogP contribution is -2.45. The molecular formula is C17H19BrN2O3S. The van der Waals surface area contributed by atoms with Crippen LogP contribution in [0.2, 0.25) is 0 Å². The smallest absolute Gasteiger partial charge is 0.257 e. The average Bonchev–Trinajstić information content (AvgIpc) is 3.25. The van der Waals surface area contributed by atoms with E-state index in [1.165, 1.54) is 12.5 Å². The molecule has 0 spiro atoms. The first kappa shape index (κ1) is 17.2. The molecule has 2 amide bonds. The lowest BCUT2D eigenvalue weighted by molar-refractivity contribution is -0.136. The Hall–Kier alpha value is -1.60. The summed E-state index contributed by atoms with van der Waals surface area (Å²) in [6.07, 6.45) is 4.62. The van der Waals surface area contributed by atoms with Crippen molar-refractivity contribution in [2.75, 3.05) is 20.1 Å². The number of halogens is 1. The van der Waals surface area contributed by atoms with Gasteiger partial charge in [-0.25, -0.2) is 0 Å². The maximum absolute atomic E-state index is 12.7. The summed E-state index contributed by atoms with van der Waals surface area (Å²) < 4.78 is 6.04. The van der Waals surface area contributed by atoms with Gasteiger partial charge in [-0.05, 0) is 47.0 Å².